The van der Waals surface area contributed by atoms with E-state index in [1.54, 1.807) is 4.90 Å². The highest BCUT2D eigenvalue weighted by atomic mass is 16.2. The molecule has 6 nitrogen and oxygen atoms in total. The molecule has 1 saturated heterocycles. The summed E-state index contributed by atoms with van der Waals surface area (Å²) in [6, 6.07) is 5.76. The second kappa shape index (κ2) is 7.87. The molecule has 25 heavy (non-hydrogen) atoms. The Morgan fingerprint density at radius 1 is 1.20 bits per heavy atom. The monoisotopic (exact) mass is 344 g/mol. The number of nitrogens with zero attached hydrogens (tertiary/aromatic N) is 2. The number of nitrogens with one attached hydrogen (secondary N) is 2. The van der Waals surface area contributed by atoms with Crippen LogP contribution in [-0.2, 0) is 11.2 Å². The Morgan fingerprint density at radius 3 is 2.80 bits per heavy atom. The van der Waals surface area contributed by atoms with E-state index in [4.69, 9.17) is 0 Å². The lowest BCUT2D eigenvalue weighted by Crippen LogP contribution is -2.46. The van der Waals surface area contributed by atoms with E-state index >= 15 is 0 Å². The molecular weight excluding hydrogens is 316 g/mol. The molecule has 2 N–H and O–H groups in total. The number of carbonyl (C=O) groups is 2. The minimum absolute atomic E-state index is 0.0495. The number of hydrogen-bond acceptors (Lipinski definition) is 3. The van der Waals surface area contributed by atoms with Crippen molar-refractivity contribution >= 4 is 23.3 Å². The molecule has 0 bridgehead atoms. The Bertz CT molecular complexity index is 646. The van der Waals surface area contributed by atoms with Gasteiger partial charge in [0.1, 0.15) is 0 Å². The fraction of sp³-hybridized carbons (Fsp3) is 0.579. The average molecular weight is 344 g/mol. The summed E-state index contributed by atoms with van der Waals surface area (Å²) >= 11 is 0. The molecule has 0 radical (unpaired) electrons. The molecule has 136 valence electrons. The van der Waals surface area contributed by atoms with E-state index < -0.39 is 0 Å². The lowest BCUT2D eigenvalue weighted by molar-refractivity contribution is -0.122. The Hall–Kier alpha value is -2.08. The fourth-order valence-corrected chi connectivity index (χ4v) is 3.81. The van der Waals surface area contributed by atoms with Gasteiger partial charge in [0.15, 0.2) is 0 Å². The van der Waals surface area contributed by atoms with Crippen LogP contribution in [0.2, 0.25) is 0 Å². The molecule has 1 aromatic rings. The standard InChI is InChI=1S/C19H28N4O2/c1-3-20-19(25)23-12-10-14-8-9-15(13-17(14)23)21-18(24)16-7-5-6-11-22(16)4-2/h8-9,13,16H,3-7,10-12H2,1-2H3,(H,20,25)(H,21,24)/t16-/m0/s1. The third kappa shape index (κ3) is 3.79. The lowest BCUT2D eigenvalue weighted by Gasteiger charge is -2.33. The number of anilines is 2. The van der Waals surface area contributed by atoms with Gasteiger partial charge in [-0.05, 0) is 57.0 Å². The van der Waals surface area contributed by atoms with Gasteiger partial charge in [0.25, 0.3) is 0 Å². The van der Waals surface area contributed by atoms with E-state index in [2.05, 4.69) is 22.5 Å². The first-order valence-electron chi connectivity index (χ1n) is 9.37. The molecule has 2 heterocycles. The van der Waals surface area contributed by atoms with Crippen LogP contribution in [0.25, 0.3) is 0 Å². The van der Waals surface area contributed by atoms with Crippen LogP contribution in [0.4, 0.5) is 16.2 Å². The first-order valence-corrected chi connectivity index (χ1v) is 9.37. The first-order chi connectivity index (χ1) is 12.1. The number of piperidine rings is 1. The van der Waals surface area contributed by atoms with Crippen molar-refractivity contribution in [3.8, 4) is 0 Å². The van der Waals surface area contributed by atoms with Crippen molar-refractivity contribution < 1.29 is 9.59 Å². The van der Waals surface area contributed by atoms with Gasteiger partial charge in [-0.3, -0.25) is 14.6 Å². The molecule has 0 spiro atoms. The Balaban J connectivity index is 1.73. The highest BCUT2D eigenvalue weighted by molar-refractivity contribution is 5.98. The summed E-state index contributed by atoms with van der Waals surface area (Å²) in [6.45, 7) is 7.19. The van der Waals surface area contributed by atoms with Crippen molar-refractivity contribution in [1.29, 1.82) is 0 Å². The Morgan fingerprint density at radius 2 is 2.04 bits per heavy atom. The van der Waals surface area contributed by atoms with Crippen molar-refractivity contribution in [1.82, 2.24) is 10.2 Å². The predicted octanol–water partition coefficient (Wildman–Crippen LogP) is 2.59. The third-order valence-corrected chi connectivity index (χ3v) is 5.14. The van der Waals surface area contributed by atoms with Gasteiger partial charge in [-0.15, -0.1) is 0 Å². The van der Waals surface area contributed by atoms with Crippen molar-refractivity contribution in [2.45, 2.75) is 45.6 Å². The quantitative estimate of drug-likeness (QED) is 0.882. The summed E-state index contributed by atoms with van der Waals surface area (Å²) in [6.07, 6.45) is 4.03. The van der Waals surface area contributed by atoms with Gasteiger partial charge in [0, 0.05) is 18.8 Å². The number of fused-ring (bicyclic) bond motifs is 1. The molecule has 6 heteroatoms. The molecule has 2 aliphatic heterocycles. The molecule has 3 amide bonds. The van der Waals surface area contributed by atoms with E-state index in [0.717, 1.165) is 55.7 Å². The van der Waals surface area contributed by atoms with E-state index in [9.17, 15) is 9.59 Å². The van der Waals surface area contributed by atoms with Crippen LogP contribution in [0.3, 0.4) is 0 Å². The molecular formula is C19H28N4O2. The van der Waals surface area contributed by atoms with Crippen LogP contribution in [-0.4, -0.2) is 49.1 Å². The smallest absolute Gasteiger partial charge is 0.321 e. The molecule has 0 aliphatic carbocycles. The van der Waals surface area contributed by atoms with Crippen molar-refractivity contribution in [3.63, 3.8) is 0 Å². The summed E-state index contributed by atoms with van der Waals surface area (Å²) in [7, 11) is 0. The number of benzene rings is 1. The maximum absolute atomic E-state index is 12.7. The van der Waals surface area contributed by atoms with Gasteiger partial charge < -0.3 is 10.6 Å². The number of likely N-dealkylation sites (tertiary alicyclic amines) is 1. The molecule has 0 aromatic heterocycles. The van der Waals surface area contributed by atoms with Gasteiger partial charge in [0.2, 0.25) is 5.91 Å². The molecule has 1 fully saturated rings. The number of likely N-dealkylation sites (N-methyl/N-ethyl adjacent to an activating group) is 1. The maximum Gasteiger partial charge on any atom is 0.321 e. The van der Waals surface area contributed by atoms with Gasteiger partial charge >= 0.3 is 6.03 Å². The SMILES string of the molecule is CCNC(=O)N1CCc2ccc(NC(=O)[C@@H]3CCCCN3CC)cc21. The molecule has 1 atom stereocenters. The van der Waals surface area contributed by atoms with Crippen molar-refractivity contribution in [2.24, 2.45) is 0 Å². The summed E-state index contributed by atoms with van der Waals surface area (Å²) < 4.78 is 0. The summed E-state index contributed by atoms with van der Waals surface area (Å²) in [5, 5.41) is 5.90. The number of carbonyl (C=O) groups excluding carboxylic acids is 2. The van der Waals surface area contributed by atoms with E-state index in [1.165, 1.54) is 0 Å². The maximum atomic E-state index is 12.7. The largest absolute Gasteiger partial charge is 0.338 e. The van der Waals surface area contributed by atoms with E-state index in [1.807, 2.05) is 25.1 Å². The van der Waals surface area contributed by atoms with Crippen LogP contribution in [0.5, 0.6) is 0 Å². The van der Waals surface area contributed by atoms with Crippen molar-refractivity contribution in [3.05, 3.63) is 23.8 Å². The zero-order valence-corrected chi connectivity index (χ0v) is 15.2. The molecule has 0 unspecified atom stereocenters. The Kier molecular flexibility index (Phi) is 5.58. The average Bonchev–Trinajstić information content (AvgIpc) is 3.05. The lowest BCUT2D eigenvalue weighted by atomic mass is 10.0. The minimum Gasteiger partial charge on any atom is -0.338 e. The highest BCUT2D eigenvalue weighted by Gasteiger charge is 2.28. The number of hydrogen-bond donors (Lipinski definition) is 2. The Labute approximate surface area is 149 Å². The van der Waals surface area contributed by atoms with E-state index in [-0.39, 0.29) is 18.0 Å². The van der Waals surface area contributed by atoms with Crippen LogP contribution in [0, 0.1) is 0 Å². The molecule has 0 saturated carbocycles. The van der Waals surface area contributed by atoms with Crippen LogP contribution in [0.1, 0.15) is 38.7 Å². The van der Waals surface area contributed by atoms with Crippen LogP contribution >= 0.6 is 0 Å². The van der Waals surface area contributed by atoms with Crippen LogP contribution < -0.4 is 15.5 Å². The van der Waals surface area contributed by atoms with E-state index in [0.29, 0.717) is 13.1 Å². The zero-order chi connectivity index (χ0) is 17.8. The molecule has 2 aliphatic rings. The number of amides is 3. The molecule has 3 rings (SSSR count). The predicted molar refractivity (Wildman–Crippen MR) is 100 cm³/mol. The van der Waals surface area contributed by atoms with Crippen molar-refractivity contribution in [2.75, 3.05) is 36.4 Å². The van der Waals surface area contributed by atoms with Gasteiger partial charge in [-0.1, -0.05) is 19.4 Å². The van der Waals surface area contributed by atoms with Gasteiger partial charge in [-0.2, -0.15) is 0 Å². The summed E-state index contributed by atoms with van der Waals surface area (Å²) in [5.41, 5.74) is 2.82. The first kappa shape index (κ1) is 17.7. The normalized spacial score (nSPS) is 20.2. The molecule has 1 aromatic carbocycles. The number of rotatable bonds is 4. The van der Waals surface area contributed by atoms with Gasteiger partial charge in [-0.25, -0.2) is 4.79 Å². The second-order valence-electron chi connectivity index (χ2n) is 6.71. The van der Waals surface area contributed by atoms with Gasteiger partial charge in [0.05, 0.1) is 11.7 Å². The highest BCUT2D eigenvalue weighted by Crippen LogP contribution is 2.31. The minimum atomic E-state index is -0.0748. The summed E-state index contributed by atoms with van der Waals surface area (Å²) in [4.78, 5) is 28.9. The summed E-state index contributed by atoms with van der Waals surface area (Å²) in [5.74, 6) is 0.0593. The zero-order valence-electron chi connectivity index (χ0n) is 15.2. The fourth-order valence-electron chi connectivity index (χ4n) is 3.81. The van der Waals surface area contributed by atoms with Crippen LogP contribution in [0.15, 0.2) is 18.2 Å². The number of urea groups is 1. The third-order valence-electron chi connectivity index (χ3n) is 5.14. The topological polar surface area (TPSA) is 64.7 Å². The second-order valence-corrected chi connectivity index (χ2v) is 6.71.